The van der Waals surface area contributed by atoms with E-state index < -0.39 is 148 Å². The molecule has 0 spiro atoms. The number of hydrogen-bond donors (Lipinski definition) is 18. The Hall–Kier alpha value is -5.97. The van der Waals surface area contributed by atoms with E-state index in [9.17, 15) is 89.1 Å². The molecule has 15 atom stereocenters. The van der Waals surface area contributed by atoms with Crippen LogP contribution in [-0.2, 0) is 71.4 Å². The summed E-state index contributed by atoms with van der Waals surface area (Å²) in [4.78, 5) is 110. The minimum atomic E-state index is -1.43. The van der Waals surface area contributed by atoms with Crippen molar-refractivity contribution in [3.63, 3.8) is 0 Å². The van der Waals surface area contributed by atoms with E-state index in [-0.39, 0.29) is 82.0 Å². The Bertz CT molecular complexity index is 2210. The molecule has 0 radical (unpaired) electrons. The van der Waals surface area contributed by atoms with E-state index in [1.807, 2.05) is 0 Å². The summed E-state index contributed by atoms with van der Waals surface area (Å²) in [5, 5.41) is 115. The van der Waals surface area contributed by atoms with Gasteiger partial charge in [-0.2, -0.15) is 0 Å². The average molecular weight is 1500 g/mol. The zero-order valence-corrected chi connectivity index (χ0v) is 61.1. The number of alkyl carbamates (subject to hydrolysis) is 3. The Balaban J connectivity index is 1.30. The standard InChI is InChI=1S/C68H123N9O27/c1-44(81)75-53-59(90)56(87)47(41-78)102-62(53)96-35-17-23-50(84)69-29-11-5-8-14-32-72-65(93)99-38-20-26-68(4,27-21-39-100-66(94)73-33-15-9-6-12-30-70-51(85)24-18-36-97-63-54(76-45(2)82)60(91)57(88)48(42-79)103-63)28-22-40-101-67(95)74-34-16-10-7-13-31-71-52(86)25-19-37-98-64-55(77-46(3)83)61(92)58(89)49(43-80)104-64/h47-49,53-64,78-80,87-92H,5-43H2,1-4H3,(H,69,84)(H,70,85)(H,71,86)(H,72,93)(H,73,94)(H,74,95)(H,75,81)(H,76,82)(H,77,83). The van der Waals surface area contributed by atoms with Crippen molar-refractivity contribution in [1.82, 2.24) is 47.9 Å². The molecule has 3 heterocycles. The van der Waals surface area contributed by atoms with Crippen LogP contribution in [0.25, 0.3) is 0 Å². The fourth-order valence-corrected chi connectivity index (χ4v) is 12.0. The highest BCUT2D eigenvalue weighted by Crippen LogP contribution is 2.35. The summed E-state index contributed by atoms with van der Waals surface area (Å²) in [6.07, 6.45) is -2.92. The molecule has 0 aliphatic carbocycles. The number of aliphatic hydroxyl groups is 9. The van der Waals surface area contributed by atoms with Crippen molar-refractivity contribution in [1.29, 1.82) is 0 Å². The highest BCUT2D eigenvalue weighted by atomic mass is 16.7. The lowest BCUT2D eigenvalue weighted by molar-refractivity contribution is -0.270. The second kappa shape index (κ2) is 53.7. The topological polar surface area (TPSA) is 527 Å². The van der Waals surface area contributed by atoms with Gasteiger partial charge in [0.2, 0.25) is 35.4 Å². The minimum absolute atomic E-state index is 0.0552. The van der Waals surface area contributed by atoms with Gasteiger partial charge < -0.3 is 136 Å². The number of carbonyl (C=O) groups is 9. The first-order valence-electron chi connectivity index (χ1n) is 36.9. The van der Waals surface area contributed by atoms with Crippen molar-refractivity contribution in [3.8, 4) is 0 Å². The van der Waals surface area contributed by atoms with Crippen molar-refractivity contribution in [2.45, 2.75) is 274 Å². The molecule has 3 fully saturated rings. The van der Waals surface area contributed by atoms with Gasteiger partial charge in [0.25, 0.3) is 0 Å². The Morgan fingerprint density at radius 2 is 0.567 bits per heavy atom. The fraction of sp³-hybridized carbons (Fsp3) is 0.868. The van der Waals surface area contributed by atoms with Gasteiger partial charge in [0.15, 0.2) is 18.9 Å². The van der Waals surface area contributed by atoms with Crippen LogP contribution in [0, 0.1) is 5.41 Å². The summed E-state index contributed by atoms with van der Waals surface area (Å²) in [5.74, 6) is -1.98. The van der Waals surface area contributed by atoms with Gasteiger partial charge in [0.1, 0.15) is 73.1 Å². The maximum Gasteiger partial charge on any atom is 0.407 e. The summed E-state index contributed by atoms with van der Waals surface area (Å²) >= 11 is 0. The molecule has 0 saturated carbocycles. The predicted octanol–water partition coefficient (Wildman–Crippen LogP) is -1.24. The molecule has 0 aromatic heterocycles. The summed E-state index contributed by atoms with van der Waals surface area (Å²) in [6.45, 7) is 7.32. The van der Waals surface area contributed by atoms with E-state index in [4.69, 9.17) is 42.6 Å². The van der Waals surface area contributed by atoms with Crippen LogP contribution >= 0.6 is 0 Å². The second-order valence-corrected chi connectivity index (χ2v) is 26.8. The molecular formula is C68H123N9O27. The van der Waals surface area contributed by atoms with Crippen molar-refractivity contribution < 1.29 is 132 Å². The molecule has 0 bridgehead atoms. The predicted molar refractivity (Wildman–Crippen MR) is 370 cm³/mol. The molecule has 36 nitrogen and oxygen atoms in total. The minimum Gasteiger partial charge on any atom is -0.450 e. The second-order valence-electron chi connectivity index (χ2n) is 26.8. The number of unbranched alkanes of at least 4 members (excludes halogenated alkanes) is 9. The Labute approximate surface area is 609 Å². The van der Waals surface area contributed by atoms with Crippen LogP contribution in [0.1, 0.15) is 182 Å². The number of nitrogens with one attached hydrogen (secondary N) is 9. The van der Waals surface area contributed by atoms with Crippen molar-refractivity contribution in [2.75, 3.05) is 98.7 Å². The van der Waals surface area contributed by atoms with E-state index in [0.717, 1.165) is 57.8 Å². The van der Waals surface area contributed by atoms with Crippen LogP contribution < -0.4 is 47.9 Å². The Morgan fingerprint density at radius 3 is 0.798 bits per heavy atom. The van der Waals surface area contributed by atoms with E-state index >= 15 is 0 Å². The zero-order chi connectivity index (χ0) is 76.7. The first-order valence-corrected chi connectivity index (χ1v) is 36.9. The molecule has 3 saturated heterocycles. The average Bonchev–Trinajstić information content (AvgIpc) is 0.822. The van der Waals surface area contributed by atoms with Gasteiger partial charge in [-0.1, -0.05) is 45.4 Å². The Kier molecular flexibility index (Phi) is 47.7. The third-order valence-electron chi connectivity index (χ3n) is 17.8. The normalized spacial score (nSPS) is 25.1. The monoisotopic (exact) mass is 1500 g/mol. The van der Waals surface area contributed by atoms with Crippen LogP contribution in [-0.4, -0.2) is 290 Å². The van der Waals surface area contributed by atoms with E-state index in [2.05, 4.69) is 54.8 Å². The first kappa shape index (κ1) is 92.2. The SMILES string of the molecule is CC(=O)NC1C(OCCCC(=O)NCCCCCCNC(=O)OCCCC(C)(CCCOC(=O)NCCCCCCNC(=O)CCCOC2OC(CO)C(O)C(O)C2NC(C)=O)CCCOC(=O)NCCCCCCNC(=O)CCCOC2OC(CO)C(O)C(O)C2NC(C)=O)OC(CO)C(O)C1O. The summed E-state index contributed by atoms with van der Waals surface area (Å²) in [5.41, 5.74) is -0.291. The number of aliphatic hydroxyl groups excluding tert-OH is 9. The molecule has 0 aromatic carbocycles. The molecule has 3 aliphatic rings. The maximum atomic E-state index is 12.6. The van der Waals surface area contributed by atoms with Gasteiger partial charge >= 0.3 is 18.3 Å². The highest BCUT2D eigenvalue weighted by molar-refractivity contribution is 5.77. The molecule has 104 heavy (non-hydrogen) atoms. The van der Waals surface area contributed by atoms with Crippen molar-refractivity contribution in [2.24, 2.45) is 5.41 Å². The van der Waals surface area contributed by atoms with E-state index in [1.54, 1.807) is 0 Å². The van der Waals surface area contributed by atoms with Crippen LogP contribution in [0.5, 0.6) is 0 Å². The Morgan fingerprint density at radius 1 is 0.327 bits per heavy atom. The molecule has 15 unspecified atom stereocenters. The lowest BCUT2D eigenvalue weighted by Crippen LogP contribution is -2.64. The summed E-state index contributed by atoms with van der Waals surface area (Å²) in [6, 6.07) is -3.21. The lowest BCUT2D eigenvalue weighted by atomic mass is 9.77. The maximum absolute atomic E-state index is 12.6. The number of rotatable bonds is 54. The molecule has 9 amide bonds. The molecular weight excluding hydrogens is 1370 g/mol. The molecule has 3 aliphatic heterocycles. The molecule has 18 N–H and O–H groups in total. The number of ether oxygens (including phenoxy) is 9. The van der Waals surface area contributed by atoms with Crippen LogP contribution in [0.4, 0.5) is 14.4 Å². The summed E-state index contributed by atoms with van der Waals surface area (Å²) in [7, 11) is 0. The van der Waals surface area contributed by atoms with Crippen LogP contribution in [0.15, 0.2) is 0 Å². The lowest BCUT2D eigenvalue weighted by Gasteiger charge is -2.42. The van der Waals surface area contributed by atoms with Gasteiger partial charge in [-0.25, -0.2) is 14.4 Å². The number of hydrogen-bond acceptors (Lipinski definition) is 27. The largest absolute Gasteiger partial charge is 0.450 e. The highest BCUT2D eigenvalue weighted by Gasteiger charge is 2.48. The van der Waals surface area contributed by atoms with Gasteiger partial charge in [0.05, 0.1) is 59.5 Å². The molecule has 36 heteroatoms. The number of carbonyl (C=O) groups excluding carboxylic acids is 9. The third kappa shape index (κ3) is 38.5. The van der Waals surface area contributed by atoms with E-state index in [0.29, 0.717) is 116 Å². The smallest absolute Gasteiger partial charge is 0.407 e. The molecule has 0 aromatic rings. The van der Waals surface area contributed by atoms with Crippen molar-refractivity contribution in [3.05, 3.63) is 0 Å². The summed E-state index contributed by atoms with van der Waals surface area (Å²) < 4.78 is 50.1. The van der Waals surface area contributed by atoms with Gasteiger partial charge in [0, 0.05) is 79.3 Å². The fourth-order valence-electron chi connectivity index (χ4n) is 12.0. The molecule has 602 valence electrons. The quantitative estimate of drug-likeness (QED) is 0.0250. The van der Waals surface area contributed by atoms with Gasteiger partial charge in [-0.3, -0.25) is 28.8 Å². The van der Waals surface area contributed by atoms with Crippen LogP contribution in [0.2, 0.25) is 0 Å². The van der Waals surface area contributed by atoms with Gasteiger partial charge in [-0.15, -0.1) is 0 Å². The van der Waals surface area contributed by atoms with Gasteiger partial charge in [-0.05, 0) is 102 Å². The third-order valence-corrected chi connectivity index (χ3v) is 17.8. The van der Waals surface area contributed by atoms with E-state index in [1.165, 1.54) is 20.8 Å². The zero-order valence-electron chi connectivity index (χ0n) is 61.1. The number of amides is 9. The van der Waals surface area contributed by atoms with Crippen LogP contribution in [0.3, 0.4) is 0 Å². The van der Waals surface area contributed by atoms with Crippen molar-refractivity contribution >= 4 is 53.7 Å². The first-order chi connectivity index (χ1) is 49.8. The molecule has 3 rings (SSSR count).